The van der Waals surface area contributed by atoms with Gasteiger partial charge >= 0.3 is 0 Å². The highest BCUT2D eigenvalue weighted by Gasteiger charge is 2.06. The van der Waals surface area contributed by atoms with E-state index in [2.05, 4.69) is 32.8 Å². The van der Waals surface area contributed by atoms with Crippen molar-refractivity contribution in [3.8, 4) is 0 Å². The molecule has 2 heterocycles. The summed E-state index contributed by atoms with van der Waals surface area (Å²) in [6.45, 7) is 2.88. The van der Waals surface area contributed by atoms with Crippen LogP contribution in [0.3, 0.4) is 0 Å². The first kappa shape index (κ1) is 11.3. The van der Waals surface area contributed by atoms with Gasteiger partial charge < -0.3 is 5.32 Å². The van der Waals surface area contributed by atoms with Crippen LogP contribution in [-0.2, 0) is 6.42 Å². The monoisotopic (exact) mass is 250 g/mol. The van der Waals surface area contributed by atoms with E-state index in [0.29, 0.717) is 5.16 Å². The lowest BCUT2D eigenvalue weighted by Gasteiger charge is -2.08. The third-order valence-electron chi connectivity index (χ3n) is 2.13. The summed E-state index contributed by atoms with van der Waals surface area (Å²) < 4.78 is 0. The Morgan fingerprint density at radius 3 is 3.06 bits per heavy atom. The second kappa shape index (κ2) is 5.23. The predicted octanol–water partition coefficient (Wildman–Crippen LogP) is 3.12. The number of aromatic nitrogens is 2. The Morgan fingerprint density at radius 2 is 2.38 bits per heavy atom. The predicted molar refractivity (Wildman–Crippen MR) is 69.2 cm³/mol. The quantitative estimate of drug-likeness (QED) is 0.847. The van der Waals surface area contributed by atoms with Crippen molar-refractivity contribution in [3.63, 3.8) is 0 Å². The van der Waals surface area contributed by atoms with Crippen molar-refractivity contribution in [1.82, 2.24) is 9.97 Å². The van der Waals surface area contributed by atoms with Crippen molar-refractivity contribution >= 4 is 29.8 Å². The standard InChI is InChI=1S/C11H12N3S2/c1-2-12-10-8(7-13-11(15)14-10)6-9-4-3-5-16-9/h3-5,7H,2,6H2,1H3,(H,12,13,14). The maximum atomic E-state index is 4.96. The summed E-state index contributed by atoms with van der Waals surface area (Å²) in [5, 5.41) is 5.68. The van der Waals surface area contributed by atoms with Gasteiger partial charge in [-0.25, -0.2) is 9.97 Å². The number of hydrogen-bond acceptors (Lipinski definition) is 4. The molecule has 2 rings (SSSR count). The Morgan fingerprint density at radius 1 is 1.50 bits per heavy atom. The maximum Gasteiger partial charge on any atom is 0.221 e. The van der Waals surface area contributed by atoms with Crippen LogP contribution < -0.4 is 5.32 Å². The zero-order valence-corrected chi connectivity index (χ0v) is 10.6. The summed E-state index contributed by atoms with van der Waals surface area (Å²) in [7, 11) is 0. The molecule has 2 aromatic heterocycles. The molecule has 5 heteroatoms. The van der Waals surface area contributed by atoms with Crippen LogP contribution in [0.5, 0.6) is 0 Å². The van der Waals surface area contributed by atoms with Gasteiger partial charge in [-0.05, 0) is 31.0 Å². The lowest BCUT2D eigenvalue weighted by molar-refractivity contribution is 0.936. The lowest BCUT2D eigenvalue weighted by atomic mass is 10.2. The molecule has 0 aliphatic carbocycles. The van der Waals surface area contributed by atoms with Gasteiger partial charge in [0, 0.05) is 29.6 Å². The van der Waals surface area contributed by atoms with Crippen LogP contribution in [0.15, 0.2) is 28.9 Å². The van der Waals surface area contributed by atoms with E-state index >= 15 is 0 Å². The van der Waals surface area contributed by atoms with Crippen molar-refractivity contribution in [1.29, 1.82) is 0 Å². The fourth-order valence-corrected chi connectivity index (χ4v) is 2.31. The van der Waals surface area contributed by atoms with Crippen LogP contribution in [0.4, 0.5) is 5.82 Å². The van der Waals surface area contributed by atoms with Crippen molar-refractivity contribution in [2.75, 3.05) is 11.9 Å². The Kier molecular flexibility index (Phi) is 3.69. The Hall–Kier alpha value is -1.20. The van der Waals surface area contributed by atoms with Gasteiger partial charge in [0.1, 0.15) is 5.82 Å². The van der Waals surface area contributed by atoms with E-state index in [-0.39, 0.29) is 0 Å². The maximum absolute atomic E-state index is 4.96. The molecular formula is C11H12N3S2. The molecule has 16 heavy (non-hydrogen) atoms. The van der Waals surface area contributed by atoms with E-state index in [1.807, 2.05) is 13.1 Å². The smallest absolute Gasteiger partial charge is 0.221 e. The first-order chi connectivity index (χ1) is 7.79. The Bertz CT molecular complexity index is 454. The van der Waals surface area contributed by atoms with Gasteiger partial charge in [-0.2, -0.15) is 0 Å². The van der Waals surface area contributed by atoms with Crippen LogP contribution >= 0.6 is 24.0 Å². The van der Waals surface area contributed by atoms with Gasteiger partial charge in [-0.3, -0.25) is 0 Å². The number of hydrogen-bond donors (Lipinski definition) is 1. The van der Waals surface area contributed by atoms with E-state index < -0.39 is 0 Å². The summed E-state index contributed by atoms with van der Waals surface area (Å²) in [5.41, 5.74) is 1.10. The summed E-state index contributed by atoms with van der Waals surface area (Å²) >= 11 is 6.70. The molecule has 0 aliphatic rings. The van der Waals surface area contributed by atoms with Crippen molar-refractivity contribution in [2.45, 2.75) is 18.5 Å². The third kappa shape index (κ3) is 2.68. The van der Waals surface area contributed by atoms with Crippen LogP contribution in [0.2, 0.25) is 0 Å². The SMILES string of the molecule is CCNc1nc([S])ncc1Cc1cccs1. The summed E-state index contributed by atoms with van der Waals surface area (Å²) in [6.07, 6.45) is 2.67. The minimum Gasteiger partial charge on any atom is -0.370 e. The van der Waals surface area contributed by atoms with Crippen LogP contribution in [-0.4, -0.2) is 16.5 Å². The fourth-order valence-electron chi connectivity index (χ4n) is 1.44. The van der Waals surface area contributed by atoms with Crippen molar-refractivity contribution in [2.24, 2.45) is 0 Å². The number of thiophene rings is 1. The molecule has 0 bridgehead atoms. The van der Waals surface area contributed by atoms with Gasteiger partial charge in [-0.15, -0.1) is 11.3 Å². The summed E-state index contributed by atoms with van der Waals surface area (Å²) in [4.78, 5) is 9.62. The van der Waals surface area contributed by atoms with Gasteiger partial charge in [0.25, 0.3) is 0 Å². The molecule has 2 aromatic rings. The lowest BCUT2D eigenvalue weighted by Crippen LogP contribution is -2.05. The van der Waals surface area contributed by atoms with E-state index in [0.717, 1.165) is 24.3 Å². The molecule has 0 amide bonds. The molecule has 0 spiro atoms. The molecule has 0 fully saturated rings. The summed E-state index contributed by atoms with van der Waals surface area (Å²) in [6, 6.07) is 4.16. The van der Waals surface area contributed by atoms with E-state index in [1.165, 1.54) is 4.88 Å². The molecule has 1 N–H and O–H groups in total. The second-order valence-electron chi connectivity index (χ2n) is 3.31. The highest BCUT2D eigenvalue weighted by Crippen LogP contribution is 2.20. The molecule has 0 saturated heterocycles. The molecule has 83 valence electrons. The number of rotatable bonds is 4. The average Bonchev–Trinajstić information content (AvgIpc) is 2.75. The number of anilines is 1. The van der Waals surface area contributed by atoms with Gasteiger partial charge in [0.05, 0.1) is 0 Å². The minimum absolute atomic E-state index is 0.394. The fraction of sp³-hybridized carbons (Fsp3) is 0.273. The third-order valence-corrected chi connectivity index (χ3v) is 3.20. The molecule has 0 atom stereocenters. The van der Waals surface area contributed by atoms with Crippen LogP contribution in [0, 0.1) is 0 Å². The average molecular weight is 250 g/mol. The van der Waals surface area contributed by atoms with Crippen LogP contribution in [0.25, 0.3) is 0 Å². The summed E-state index contributed by atoms with van der Waals surface area (Å²) in [5.74, 6) is 0.857. The number of nitrogens with one attached hydrogen (secondary N) is 1. The second-order valence-corrected chi connectivity index (χ2v) is 4.71. The Labute approximate surface area is 104 Å². The molecule has 1 radical (unpaired) electrons. The largest absolute Gasteiger partial charge is 0.370 e. The highest BCUT2D eigenvalue weighted by atomic mass is 32.1. The molecule has 0 aromatic carbocycles. The minimum atomic E-state index is 0.394. The normalized spacial score (nSPS) is 10.3. The van der Waals surface area contributed by atoms with Gasteiger partial charge in [-0.1, -0.05) is 6.07 Å². The van der Waals surface area contributed by atoms with E-state index in [4.69, 9.17) is 12.6 Å². The van der Waals surface area contributed by atoms with Crippen LogP contribution in [0.1, 0.15) is 17.4 Å². The Balaban J connectivity index is 2.25. The van der Waals surface area contributed by atoms with Crippen molar-refractivity contribution < 1.29 is 0 Å². The number of nitrogens with zero attached hydrogens (tertiary/aromatic N) is 2. The van der Waals surface area contributed by atoms with Crippen molar-refractivity contribution in [3.05, 3.63) is 34.2 Å². The highest BCUT2D eigenvalue weighted by molar-refractivity contribution is 7.80. The first-order valence-corrected chi connectivity index (χ1v) is 6.37. The zero-order chi connectivity index (χ0) is 11.4. The molecule has 0 saturated carbocycles. The molecule has 0 aliphatic heterocycles. The first-order valence-electron chi connectivity index (χ1n) is 5.08. The molecule has 0 unspecified atom stereocenters. The van der Waals surface area contributed by atoms with Gasteiger partial charge in [0.15, 0.2) is 0 Å². The van der Waals surface area contributed by atoms with Gasteiger partial charge in [0.2, 0.25) is 5.16 Å². The van der Waals surface area contributed by atoms with E-state index in [9.17, 15) is 0 Å². The molecular weight excluding hydrogens is 238 g/mol. The van der Waals surface area contributed by atoms with E-state index in [1.54, 1.807) is 11.3 Å². The topological polar surface area (TPSA) is 37.8 Å². The molecule has 3 nitrogen and oxygen atoms in total. The zero-order valence-electron chi connectivity index (χ0n) is 8.93.